The Hall–Kier alpha value is -1.34. The molecule has 0 aliphatic heterocycles. The predicted molar refractivity (Wildman–Crippen MR) is 69.4 cm³/mol. The number of carbonyl (C=O) groups is 2. The monoisotopic (exact) mass is 273 g/mol. The molecule has 0 radical (unpaired) electrons. The molecule has 110 valence electrons. The quantitative estimate of drug-likeness (QED) is 0.538. The van der Waals surface area contributed by atoms with Crippen molar-refractivity contribution in [2.75, 3.05) is 6.54 Å². The molecule has 1 rings (SSSR count). The molecular formula is C12H23N3O4. The van der Waals surface area contributed by atoms with Crippen LogP contribution in [-0.4, -0.2) is 47.4 Å². The molecule has 0 saturated heterocycles. The van der Waals surface area contributed by atoms with Crippen LogP contribution in [0.3, 0.4) is 0 Å². The van der Waals surface area contributed by atoms with E-state index in [0.717, 1.165) is 12.8 Å². The van der Waals surface area contributed by atoms with E-state index in [-0.39, 0.29) is 18.6 Å². The average molecular weight is 273 g/mol. The summed E-state index contributed by atoms with van der Waals surface area (Å²) in [5, 5.41) is 15.0. The van der Waals surface area contributed by atoms with E-state index in [0.29, 0.717) is 0 Å². The van der Waals surface area contributed by atoms with Gasteiger partial charge in [-0.15, -0.1) is 0 Å². The van der Waals surface area contributed by atoms with Gasteiger partial charge in [-0.2, -0.15) is 0 Å². The van der Waals surface area contributed by atoms with Gasteiger partial charge in [0, 0.05) is 18.6 Å². The van der Waals surface area contributed by atoms with Crippen LogP contribution in [0.1, 0.15) is 33.6 Å². The fraction of sp³-hybridized carbons (Fsp3) is 0.833. The number of aliphatic hydroxyl groups is 1. The van der Waals surface area contributed by atoms with Crippen LogP contribution in [0.15, 0.2) is 0 Å². The molecule has 1 atom stereocenters. The Morgan fingerprint density at radius 3 is 2.42 bits per heavy atom. The molecule has 0 aromatic carbocycles. The molecule has 19 heavy (non-hydrogen) atoms. The zero-order valence-corrected chi connectivity index (χ0v) is 11.6. The fourth-order valence-electron chi connectivity index (χ4n) is 1.76. The van der Waals surface area contributed by atoms with Crippen molar-refractivity contribution in [3.05, 3.63) is 0 Å². The Labute approximate surface area is 112 Å². The van der Waals surface area contributed by atoms with Crippen LogP contribution in [0.2, 0.25) is 0 Å². The van der Waals surface area contributed by atoms with Gasteiger partial charge in [0.2, 0.25) is 5.91 Å². The largest absolute Gasteiger partial charge is 0.444 e. The highest BCUT2D eigenvalue weighted by atomic mass is 16.6. The van der Waals surface area contributed by atoms with Gasteiger partial charge in [0.15, 0.2) is 0 Å². The Kier molecular flexibility index (Phi) is 5.13. The van der Waals surface area contributed by atoms with Crippen LogP contribution in [0, 0.1) is 0 Å². The summed E-state index contributed by atoms with van der Waals surface area (Å²) >= 11 is 0. The van der Waals surface area contributed by atoms with Crippen molar-refractivity contribution in [2.24, 2.45) is 5.73 Å². The van der Waals surface area contributed by atoms with E-state index < -0.39 is 23.7 Å². The molecule has 0 heterocycles. The lowest BCUT2D eigenvalue weighted by Crippen LogP contribution is -2.54. The maximum absolute atomic E-state index is 11.5. The number of nitrogens with one attached hydrogen (secondary N) is 2. The first-order chi connectivity index (χ1) is 8.67. The number of amides is 2. The highest BCUT2D eigenvalue weighted by Crippen LogP contribution is 2.20. The van der Waals surface area contributed by atoms with Gasteiger partial charge >= 0.3 is 6.09 Å². The molecule has 5 N–H and O–H groups in total. The number of nitrogens with two attached hydrogens (primary N) is 1. The minimum atomic E-state index is -1.17. The average Bonchev–Trinajstić information content (AvgIpc) is 2.17. The highest BCUT2D eigenvalue weighted by Gasteiger charge is 2.31. The zero-order chi connectivity index (χ0) is 14.6. The molecule has 1 saturated carbocycles. The molecule has 0 aromatic heterocycles. The number of primary amides is 1. The lowest BCUT2D eigenvalue weighted by atomic mass is 9.87. The third kappa shape index (κ3) is 5.89. The first-order valence-electron chi connectivity index (χ1n) is 6.37. The number of hydrogen-bond donors (Lipinski definition) is 4. The molecule has 0 aromatic rings. The molecule has 7 nitrogen and oxygen atoms in total. The van der Waals surface area contributed by atoms with E-state index in [9.17, 15) is 14.7 Å². The molecule has 0 spiro atoms. The van der Waals surface area contributed by atoms with Crippen molar-refractivity contribution in [3.63, 3.8) is 0 Å². The molecule has 1 unspecified atom stereocenters. The van der Waals surface area contributed by atoms with Crippen LogP contribution in [0.5, 0.6) is 0 Å². The molecular weight excluding hydrogens is 250 g/mol. The van der Waals surface area contributed by atoms with Gasteiger partial charge in [0.05, 0.1) is 0 Å². The third-order valence-corrected chi connectivity index (χ3v) is 2.79. The smallest absolute Gasteiger partial charge is 0.407 e. The highest BCUT2D eigenvalue weighted by molar-refractivity contribution is 5.78. The second-order valence-corrected chi connectivity index (χ2v) is 5.84. The minimum Gasteiger partial charge on any atom is -0.444 e. The molecule has 1 fully saturated rings. The molecule has 2 amide bonds. The van der Waals surface area contributed by atoms with Gasteiger partial charge in [-0.25, -0.2) is 4.79 Å². The molecule has 0 bridgehead atoms. The Morgan fingerprint density at radius 1 is 1.37 bits per heavy atom. The second kappa shape index (κ2) is 6.21. The van der Waals surface area contributed by atoms with Gasteiger partial charge in [-0.05, 0) is 33.6 Å². The van der Waals surface area contributed by atoms with Crippen molar-refractivity contribution in [2.45, 2.75) is 57.4 Å². The van der Waals surface area contributed by atoms with Crippen molar-refractivity contribution >= 4 is 12.0 Å². The summed E-state index contributed by atoms with van der Waals surface area (Å²) in [4.78, 5) is 22.1. The number of carbonyl (C=O) groups excluding carboxylic acids is 2. The van der Waals surface area contributed by atoms with E-state index >= 15 is 0 Å². The normalized spacial score (nSPS) is 24.2. The van der Waals surface area contributed by atoms with E-state index in [2.05, 4.69) is 10.6 Å². The van der Waals surface area contributed by atoms with E-state index in [1.807, 2.05) is 20.8 Å². The first-order valence-corrected chi connectivity index (χ1v) is 6.37. The van der Waals surface area contributed by atoms with Crippen LogP contribution in [0.25, 0.3) is 0 Å². The summed E-state index contributed by atoms with van der Waals surface area (Å²) in [5.41, 5.74) is 4.43. The second-order valence-electron chi connectivity index (χ2n) is 5.84. The van der Waals surface area contributed by atoms with E-state index in [1.165, 1.54) is 0 Å². The van der Waals surface area contributed by atoms with Crippen LogP contribution >= 0.6 is 0 Å². The first kappa shape index (κ1) is 15.7. The van der Waals surface area contributed by atoms with Gasteiger partial charge in [-0.1, -0.05) is 0 Å². The maximum atomic E-state index is 11.5. The molecule has 1 aliphatic carbocycles. The van der Waals surface area contributed by atoms with Gasteiger partial charge in [0.25, 0.3) is 0 Å². The SMILES string of the molecule is CC(C)(C)OC(=O)NC1CC(NCC(O)C(N)=O)C1. The van der Waals surface area contributed by atoms with Crippen molar-refractivity contribution in [3.8, 4) is 0 Å². The number of rotatable bonds is 5. The summed E-state index contributed by atoms with van der Waals surface area (Å²) in [5.74, 6) is -0.741. The summed E-state index contributed by atoms with van der Waals surface area (Å²) in [6, 6.07) is 0.243. The van der Waals surface area contributed by atoms with Crippen LogP contribution < -0.4 is 16.4 Å². The van der Waals surface area contributed by atoms with E-state index in [4.69, 9.17) is 10.5 Å². The van der Waals surface area contributed by atoms with Gasteiger partial charge in [0.1, 0.15) is 11.7 Å². The lowest BCUT2D eigenvalue weighted by molar-refractivity contribution is -0.125. The molecule has 7 heteroatoms. The number of ether oxygens (including phenoxy) is 1. The maximum Gasteiger partial charge on any atom is 0.407 e. The number of hydrogen-bond acceptors (Lipinski definition) is 5. The Morgan fingerprint density at radius 2 is 1.95 bits per heavy atom. The minimum absolute atomic E-state index is 0.0677. The van der Waals surface area contributed by atoms with Crippen LogP contribution in [-0.2, 0) is 9.53 Å². The number of aliphatic hydroxyl groups excluding tert-OH is 1. The molecule has 1 aliphatic rings. The summed E-state index contributed by atoms with van der Waals surface area (Å²) in [7, 11) is 0. The van der Waals surface area contributed by atoms with Gasteiger partial charge in [-0.3, -0.25) is 4.79 Å². The summed E-state index contributed by atoms with van der Waals surface area (Å²) in [6.45, 7) is 5.56. The zero-order valence-electron chi connectivity index (χ0n) is 11.6. The Bertz CT molecular complexity index is 334. The van der Waals surface area contributed by atoms with E-state index in [1.54, 1.807) is 0 Å². The summed E-state index contributed by atoms with van der Waals surface area (Å²) < 4.78 is 5.14. The van der Waals surface area contributed by atoms with Gasteiger partial charge < -0.3 is 26.2 Å². The van der Waals surface area contributed by atoms with Crippen molar-refractivity contribution in [1.29, 1.82) is 0 Å². The predicted octanol–water partition coefficient (Wildman–Crippen LogP) is -0.522. The van der Waals surface area contributed by atoms with Crippen molar-refractivity contribution in [1.82, 2.24) is 10.6 Å². The third-order valence-electron chi connectivity index (χ3n) is 2.79. The topological polar surface area (TPSA) is 114 Å². The standard InChI is InChI=1S/C12H23N3O4/c1-12(2,3)19-11(18)15-8-4-7(5-8)14-6-9(16)10(13)17/h7-9,14,16H,4-6H2,1-3H3,(H2,13,17)(H,15,18). The number of alkyl carbamates (subject to hydrolysis) is 1. The fourth-order valence-corrected chi connectivity index (χ4v) is 1.76. The Balaban J connectivity index is 2.13. The summed E-state index contributed by atoms with van der Waals surface area (Å²) in [6.07, 6.45) is -0.110. The lowest BCUT2D eigenvalue weighted by Gasteiger charge is -2.37. The van der Waals surface area contributed by atoms with Crippen molar-refractivity contribution < 1.29 is 19.4 Å². The van der Waals surface area contributed by atoms with Crippen LogP contribution in [0.4, 0.5) is 4.79 Å².